The van der Waals surface area contributed by atoms with Crippen molar-refractivity contribution in [2.45, 2.75) is 44.7 Å². The van der Waals surface area contributed by atoms with Gasteiger partial charge in [0.2, 0.25) is 10.0 Å². The Bertz CT molecular complexity index is 829. The summed E-state index contributed by atoms with van der Waals surface area (Å²) in [5.41, 5.74) is 1.55. The van der Waals surface area contributed by atoms with E-state index in [-0.39, 0.29) is 22.4 Å². The predicted octanol–water partition coefficient (Wildman–Crippen LogP) is 1.36. The maximum atomic E-state index is 12.4. The van der Waals surface area contributed by atoms with E-state index in [4.69, 9.17) is 5.14 Å². The summed E-state index contributed by atoms with van der Waals surface area (Å²) in [6, 6.07) is 4.75. The van der Waals surface area contributed by atoms with E-state index in [0.717, 1.165) is 0 Å². The SMILES string of the molecule is Cc1cc(C(=O)N[C@@H](C)CCn2cccn2)cc(S(N)(=O)=O)c1C. The molecule has 0 aliphatic rings. The van der Waals surface area contributed by atoms with E-state index in [2.05, 4.69) is 10.4 Å². The van der Waals surface area contributed by atoms with Gasteiger partial charge in [-0.3, -0.25) is 9.48 Å². The van der Waals surface area contributed by atoms with Gasteiger partial charge < -0.3 is 5.32 Å². The van der Waals surface area contributed by atoms with E-state index in [9.17, 15) is 13.2 Å². The van der Waals surface area contributed by atoms with Gasteiger partial charge >= 0.3 is 0 Å². The van der Waals surface area contributed by atoms with Gasteiger partial charge in [-0.1, -0.05) is 0 Å². The lowest BCUT2D eigenvalue weighted by Gasteiger charge is -2.15. The standard InChI is InChI=1S/C16H22N4O3S/c1-11-9-14(10-15(13(11)3)24(17,22)23)16(21)19-12(2)5-8-20-7-4-6-18-20/h4,6-7,9-10,12H,5,8H2,1-3H3,(H,19,21)(H2,17,22,23)/t12-/m0/s1. The maximum Gasteiger partial charge on any atom is 0.251 e. The lowest BCUT2D eigenvalue weighted by atomic mass is 10.1. The van der Waals surface area contributed by atoms with E-state index in [1.807, 2.05) is 19.2 Å². The van der Waals surface area contributed by atoms with Crippen LogP contribution in [-0.2, 0) is 16.6 Å². The van der Waals surface area contributed by atoms with Crippen LogP contribution >= 0.6 is 0 Å². The van der Waals surface area contributed by atoms with Crippen LogP contribution in [0, 0.1) is 13.8 Å². The van der Waals surface area contributed by atoms with Gasteiger partial charge in [0.15, 0.2) is 0 Å². The minimum absolute atomic E-state index is 0.0168. The van der Waals surface area contributed by atoms with E-state index < -0.39 is 10.0 Å². The van der Waals surface area contributed by atoms with Crippen molar-refractivity contribution in [3.05, 3.63) is 47.3 Å². The van der Waals surface area contributed by atoms with Crippen molar-refractivity contribution in [3.63, 3.8) is 0 Å². The molecule has 1 atom stereocenters. The molecule has 0 saturated carbocycles. The van der Waals surface area contributed by atoms with E-state index >= 15 is 0 Å². The van der Waals surface area contributed by atoms with E-state index in [1.54, 1.807) is 30.8 Å². The summed E-state index contributed by atoms with van der Waals surface area (Å²) in [4.78, 5) is 12.4. The Kier molecular flexibility index (Phi) is 5.40. The number of nitrogens with zero attached hydrogens (tertiary/aromatic N) is 2. The van der Waals surface area contributed by atoms with Crippen LogP contribution in [0.3, 0.4) is 0 Å². The molecule has 2 aromatic rings. The molecule has 0 saturated heterocycles. The van der Waals surface area contributed by atoms with Crippen LogP contribution in [0.25, 0.3) is 0 Å². The third-order valence-electron chi connectivity index (χ3n) is 3.92. The summed E-state index contributed by atoms with van der Waals surface area (Å²) < 4.78 is 25.1. The summed E-state index contributed by atoms with van der Waals surface area (Å²) in [6.45, 7) is 6.00. The van der Waals surface area contributed by atoms with Gasteiger partial charge in [-0.15, -0.1) is 0 Å². The highest BCUT2D eigenvalue weighted by Gasteiger charge is 2.18. The number of aromatic nitrogens is 2. The second-order valence-electron chi connectivity index (χ2n) is 5.89. The van der Waals surface area contributed by atoms with Gasteiger partial charge in [0.25, 0.3) is 5.91 Å². The number of primary sulfonamides is 1. The fraction of sp³-hybridized carbons (Fsp3) is 0.375. The van der Waals surface area contributed by atoms with Crippen LogP contribution in [0.1, 0.15) is 34.8 Å². The van der Waals surface area contributed by atoms with Crippen LogP contribution in [0.5, 0.6) is 0 Å². The molecule has 7 nitrogen and oxygen atoms in total. The van der Waals surface area contributed by atoms with Gasteiger partial charge in [0.1, 0.15) is 0 Å². The van der Waals surface area contributed by atoms with Crippen molar-refractivity contribution in [1.82, 2.24) is 15.1 Å². The Morgan fingerprint density at radius 3 is 2.67 bits per heavy atom. The Balaban J connectivity index is 2.10. The van der Waals surface area contributed by atoms with Crippen molar-refractivity contribution in [2.75, 3.05) is 0 Å². The van der Waals surface area contributed by atoms with Crippen LogP contribution in [-0.4, -0.2) is 30.1 Å². The Morgan fingerprint density at radius 1 is 1.38 bits per heavy atom. The molecule has 0 aliphatic carbocycles. The molecular weight excluding hydrogens is 328 g/mol. The number of aryl methyl sites for hydroxylation is 2. The average Bonchev–Trinajstić information content (AvgIpc) is 2.99. The molecule has 1 heterocycles. The molecular formula is C16H22N4O3S. The lowest BCUT2D eigenvalue weighted by Crippen LogP contribution is -2.33. The quantitative estimate of drug-likeness (QED) is 0.820. The Hall–Kier alpha value is -2.19. The maximum absolute atomic E-state index is 12.4. The second-order valence-corrected chi connectivity index (χ2v) is 7.42. The van der Waals surface area contributed by atoms with Crippen molar-refractivity contribution in [3.8, 4) is 0 Å². The predicted molar refractivity (Wildman–Crippen MR) is 91.1 cm³/mol. The number of benzene rings is 1. The highest BCUT2D eigenvalue weighted by Crippen LogP contribution is 2.20. The zero-order valence-electron chi connectivity index (χ0n) is 14.0. The fourth-order valence-corrected chi connectivity index (χ4v) is 3.27. The third-order valence-corrected chi connectivity index (χ3v) is 4.95. The molecule has 8 heteroatoms. The normalized spacial score (nSPS) is 12.8. The second kappa shape index (κ2) is 7.14. The number of rotatable bonds is 6. The summed E-state index contributed by atoms with van der Waals surface area (Å²) in [7, 11) is -3.87. The van der Waals surface area contributed by atoms with Crippen molar-refractivity contribution >= 4 is 15.9 Å². The minimum Gasteiger partial charge on any atom is -0.350 e. The monoisotopic (exact) mass is 350 g/mol. The van der Waals surface area contributed by atoms with Crippen LogP contribution < -0.4 is 10.5 Å². The summed E-state index contributed by atoms with van der Waals surface area (Å²) in [5.74, 6) is -0.323. The van der Waals surface area contributed by atoms with E-state index in [1.165, 1.54) is 6.07 Å². The zero-order valence-corrected chi connectivity index (χ0v) is 14.8. The summed E-state index contributed by atoms with van der Waals surface area (Å²) >= 11 is 0. The summed E-state index contributed by atoms with van der Waals surface area (Å²) in [6.07, 6.45) is 4.27. The van der Waals surface area contributed by atoms with Gasteiger partial charge in [-0.2, -0.15) is 5.10 Å². The van der Waals surface area contributed by atoms with Gasteiger partial charge in [0.05, 0.1) is 4.90 Å². The molecule has 3 N–H and O–H groups in total. The first-order valence-corrected chi connectivity index (χ1v) is 9.15. The topological polar surface area (TPSA) is 107 Å². The number of hydrogen-bond donors (Lipinski definition) is 2. The Labute approximate surface area is 141 Å². The molecule has 0 unspecified atom stereocenters. The average molecular weight is 350 g/mol. The number of nitrogens with two attached hydrogens (primary N) is 1. The largest absolute Gasteiger partial charge is 0.350 e. The number of carbonyl (C=O) groups excluding carboxylic acids is 1. The molecule has 130 valence electrons. The Morgan fingerprint density at radius 2 is 2.08 bits per heavy atom. The third kappa shape index (κ3) is 4.42. The molecule has 0 bridgehead atoms. The smallest absolute Gasteiger partial charge is 0.251 e. The number of hydrogen-bond acceptors (Lipinski definition) is 4. The number of carbonyl (C=O) groups is 1. The van der Waals surface area contributed by atoms with Crippen LogP contribution in [0.2, 0.25) is 0 Å². The molecule has 1 aromatic carbocycles. The zero-order chi connectivity index (χ0) is 17.9. The molecule has 2 rings (SSSR count). The number of nitrogens with one attached hydrogen (secondary N) is 1. The lowest BCUT2D eigenvalue weighted by molar-refractivity contribution is 0.0937. The van der Waals surface area contributed by atoms with Crippen molar-refractivity contribution in [1.29, 1.82) is 0 Å². The van der Waals surface area contributed by atoms with Crippen LogP contribution in [0.15, 0.2) is 35.5 Å². The van der Waals surface area contributed by atoms with Gasteiger partial charge in [-0.25, -0.2) is 13.6 Å². The molecule has 0 spiro atoms. The van der Waals surface area contributed by atoms with E-state index in [0.29, 0.717) is 24.1 Å². The first-order chi connectivity index (χ1) is 11.2. The first-order valence-electron chi connectivity index (χ1n) is 7.61. The van der Waals surface area contributed by atoms with Gasteiger partial charge in [0, 0.05) is 30.5 Å². The molecule has 1 aromatic heterocycles. The molecule has 0 fully saturated rings. The highest BCUT2D eigenvalue weighted by atomic mass is 32.2. The minimum atomic E-state index is -3.87. The number of sulfonamides is 1. The number of amides is 1. The molecule has 0 radical (unpaired) electrons. The first kappa shape index (κ1) is 18.2. The molecule has 0 aliphatic heterocycles. The van der Waals surface area contributed by atoms with Crippen molar-refractivity contribution in [2.24, 2.45) is 5.14 Å². The molecule has 1 amide bonds. The van der Waals surface area contributed by atoms with Crippen molar-refractivity contribution < 1.29 is 13.2 Å². The molecule has 24 heavy (non-hydrogen) atoms. The van der Waals surface area contributed by atoms with Crippen LogP contribution in [0.4, 0.5) is 0 Å². The van der Waals surface area contributed by atoms with Gasteiger partial charge in [-0.05, 0) is 56.5 Å². The highest BCUT2D eigenvalue weighted by molar-refractivity contribution is 7.89. The fourth-order valence-electron chi connectivity index (χ4n) is 2.39. The summed E-state index contributed by atoms with van der Waals surface area (Å²) in [5, 5.41) is 12.2.